The molecular formula is C19H17F4NO. The van der Waals surface area contributed by atoms with Crippen LogP contribution in [0.3, 0.4) is 0 Å². The molecule has 1 atom stereocenters. The monoisotopic (exact) mass is 351 g/mol. The normalized spacial score (nSPS) is 17.4. The van der Waals surface area contributed by atoms with Crippen molar-refractivity contribution in [3.05, 3.63) is 70.3 Å². The van der Waals surface area contributed by atoms with Crippen molar-refractivity contribution in [3.63, 3.8) is 0 Å². The first-order valence-electron chi connectivity index (χ1n) is 7.83. The van der Waals surface area contributed by atoms with Gasteiger partial charge in [0.2, 0.25) is 5.90 Å². The number of nitrogens with zero attached hydrogens (tertiary/aromatic N) is 1. The van der Waals surface area contributed by atoms with E-state index in [4.69, 9.17) is 4.74 Å². The number of halogens is 4. The summed E-state index contributed by atoms with van der Waals surface area (Å²) in [5.74, 6) is -6.43. The zero-order valence-electron chi connectivity index (χ0n) is 14.0. The molecule has 0 spiro atoms. The molecule has 0 saturated carbocycles. The molecule has 0 bridgehead atoms. The van der Waals surface area contributed by atoms with Gasteiger partial charge in [-0.1, -0.05) is 45.0 Å². The van der Waals surface area contributed by atoms with Crippen LogP contribution in [0.15, 0.2) is 35.3 Å². The van der Waals surface area contributed by atoms with Crippen molar-refractivity contribution in [2.45, 2.75) is 32.2 Å². The predicted octanol–water partition coefficient (Wildman–Crippen LogP) is 5.06. The summed E-state index contributed by atoms with van der Waals surface area (Å²) in [4.78, 5) is 4.11. The average Bonchev–Trinajstić information content (AvgIpc) is 3.02. The smallest absolute Gasteiger partial charge is 0.223 e. The fraction of sp³-hybridized carbons (Fsp3) is 0.316. The number of rotatable bonds is 2. The van der Waals surface area contributed by atoms with Crippen molar-refractivity contribution in [1.29, 1.82) is 0 Å². The van der Waals surface area contributed by atoms with E-state index in [2.05, 4.69) is 25.8 Å². The van der Waals surface area contributed by atoms with E-state index in [0.717, 1.165) is 11.1 Å². The Balaban J connectivity index is 1.94. The van der Waals surface area contributed by atoms with Crippen LogP contribution in [0.1, 0.15) is 43.5 Å². The van der Waals surface area contributed by atoms with Crippen LogP contribution in [0.4, 0.5) is 17.6 Å². The summed E-state index contributed by atoms with van der Waals surface area (Å²) in [5.41, 5.74) is 1.00. The van der Waals surface area contributed by atoms with Gasteiger partial charge in [-0.05, 0) is 16.5 Å². The maximum Gasteiger partial charge on any atom is 0.223 e. The number of aliphatic imine (C=N–C) groups is 1. The van der Waals surface area contributed by atoms with E-state index in [1.807, 2.05) is 24.3 Å². The van der Waals surface area contributed by atoms with Gasteiger partial charge in [0.05, 0.1) is 0 Å². The Hall–Kier alpha value is -2.37. The highest BCUT2D eigenvalue weighted by molar-refractivity contribution is 5.95. The van der Waals surface area contributed by atoms with Crippen LogP contribution >= 0.6 is 0 Å². The molecule has 2 aromatic rings. The maximum absolute atomic E-state index is 13.9. The van der Waals surface area contributed by atoms with Gasteiger partial charge in [-0.2, -0.15) is 0 Å². The van der Waals surface area contributed by atoms with Crippen LogP contribution in [0, 0.1) is 23.3 Å². The fourth-order valence-electron chi connectivity index (χ4n) is 2.65. The molecule has 0 aliphatic carbocycles. The van der Waals surface area contributed by atoms with E-state index in [1.165, 1.54) is 0 Å². The summed E-state index contributed by atoms with van der Waals surface area (Å²) in [5, 5.41) is 0. The summed E-state index contributed by atoms with van der Waals surface area (Å²) < 4.78 is 59.7. The Morgan fingerprint density at radius 1 is 0.960 bits per heavy atom. The Kier molecular flexibility index (Phi) is 4.31. The Bertz CT molecular complexity index is 812. The SMILES string of the molecule is CC(C)(C)c1ccc(C2COC(c3c(F)c(F)cc(F)c3F)=N2)cc1. The fourth-order valence-corrected chi connectivity index (χ4v) is 2.65. The van der Waals surface area contributed by atoms with Gasteiger partial charge in [-0.3, -0.25) is 0 Å². The lowest BCUT2D eigenvalue weighted by Crippen LogP contribution is -2.11. The Morgan fingerprint density at radius 3 is 2.04 bits per heavy atom. The van der Waals surface area contributed by atoms with Crippen molar-refractivity contribution in [2.24, 2.45) is 4.99 Å². The maximum atomic E-state index is 13.9. The van der Waals surface area contributed by atoms with Gasteiger partial charge < -0.3 is 4.74 Å². The van der Waals surface area contributed by atoms with Gasteiger partial charge in [-0.15, -0.1) is 0 Å². The molecule has 2 nitrogen and oxygen atoms in total. The summed E-state index contributed by atoms with van der Waals surface area (Å²) in [6.07, 6.45) is 0. The highest BCUT2D eigenvalue weighted by atomic mass is 19.2. The molecular weight excluding hydrogens is 334 g/mol. The first-order chi connectivity index (χ1) is 11.7. The minimum atomic E-state index is -1.51. The van der Waals surface area contributed by atoms with Crippen LogP contribution in [0.2, 0.25) is 0 Å². The molecule has 0 N–H and O–H groups in total. The molecule has 0 amide bonds. The van der Waals surface area contributed by atoms with Crippen molar-refractivity contribution < 1.29 is 22.3 Å². The second-order valence-electron chi connectivity index (χ2n) is 6.98. The van der Waals surface area contributed by atoms with Crippen LogP contribution in [0.25, 0.3) is 0 Å². The first kappa shape index (κ1) is 17.5. The van der Waals surface area contributed by atoms with E-state index in [1.54, 1.807) is 0 Å². The van der Waals surface area contributed by atoms with Gasteiger partial charge in [0.15, 0.2) is 23.3 Å². The molecule has 6 heteroatoms. The Labute approximate surface area is 143 Å². The van der Waals surface area contributed by atoms with Crippen LogP contribution in [0.5, 0.6) is 0 Å². The quantitative estimate of drug-likeness (QED) is 0.547. The van der Waals surface area contributed by atoms with E-state index in [9.17, 15) is 17.6 Å². The van der Waals surface area contributed by atoms with Crippen molar-refractivity contribution in [3.8, 4) is 0 Å². The summed E-state index contributed by atoms with van der Waals surface area (Å²) in [6, 6.07) is 7.29. The average molecular weight is 351 g/mol. The minimum absolute atomic E-state index is 0.00944. The standard InChI is InChI=1S/C19H17F4NO/c1-19(2,3)11-6-4-10(5-7-11)14-9-25-18(24-14)15-16(22)12(20)8-13(21)17(15)23/h4-8,14H,9H2,1-3H3. The van der Waals surface area contributed by atoms with Gasteiger partial charge in [0.1, 0.15) is 18.2 Å². The van der Waals surface area contributed by atoms with E-state index in [0.29, 0.717) is 0 Å². The second-order valence-corrected chi connectivity index (χ2v) is 6.98. The van der Waals surface area contributed by atoms with Crippen LogP contribution in [-0.2, 0) is 10.2 Å². The molecule has 3 rings (SSSR count). The molecule has 132 valence electrons. The summed E-state index contributed by atoms with van der Waals surface area (Å²) in [6.45, 7) is 6.30. The highest BCUT2D eigenvalue weighted by Crippen LogP contribution is 2.30. The molecule has 0 saturated heterocycles. The van der Waals surface area contributed by atoms with Crippen LogP contribution in [-0.4, -0.2) is 12.5 Å². The molecule has 1 aliphatic heterocycles. The topological polar surface area (TPSA) is 21.6 Å². The van der Waals surface area contributed by atoms with Crippen LogP contribution < -0.4 is 0 Å². The zero-order chi connectivity index (χ0) is 18.4. The highest BCUT2D eigenvalue weighted by Gasteiger charge is 2.30. The van der Waals surface area contributed by atoms with E-state index in [-0.39, 0.29) is 18.1 Å². The molecule has 25 heavy (non-hydrogen) atoms. The van der Waals surface area contributed by atoms with Crippen molar-refractivity contribution in [1.82, 2.24) is 0 Å². The summed E-state index contributed by atoms with van der Waals surface area (Å²) in [7, 11) is 0. The van der Waals surface area contributed by atoms with Crippen molar-refractivity contribution in [2.75, 3.05) is 6.61 Å². The third-order valence-corrected chi connectivity index (χ3v) is 4.14. The number of hydrogen-bond donors (Lipinski definition) is 0. The lowest BCUT2D eigenvalue weighted by molar-refractivity contribution is 0.316. The third-order valence-electron chi connectivity index (χ3n) is 4.14. The van der Waals surface area contributed by atoms with Gasteiger partial charge in [0.25, 0.3) is 0 Å². The number of hydrogen-bond acceptors (Lipinski definition) is 2. The van der Waals surface area contributed by atoms with Gasteiger partial charge >= 0.3 is 0 Å². The van der Waals surface area contributed by atoms with Gasteiger partial charge in [-0.25, -0.2) is 22.6 Å². The Morgan fingerprint density at radius 2 is 1.52 bits per heavy atom. The minimum Gasteiger partial charge on any atom is -0.475 e. The van der Waals surface area contributed by atoms with Gasteiger partial charge in [0, 0.05) is 6.07 Å². The lowest BCUT2D eigenvalue weighted by atomic mass is 9.86. The second kappa shape index (κ2) is 6.17. The molecule has 0 aromatic heterocycles. The molecule has 2 aromatic carbocycles. The molecule has 0 fully saturated rings. The summed E-state index contributed by atoms with van der Waals surface area (Å²) >= 11 is 0. The predicted molar refractivity (Wildman–Crippen MR) is 86.6 cm³/mol. The largest absolute Gasteiger partial charge is 0.475 e. The molecule has 0 radical (unpaired) electrons. The molecule has 1 heterocycles. The number of benzene rings is 2. The number of ether oxygens (including phenoxy) is 1. The van der Waals surface area contributed by atoms with Crippen molar-refractivity contribution >= 4 is 5.90 Å². The lowest BCUT2D eigenvalue weighted by Gasteiger charge is -2.19. The zero-order valence-corrected chi connectivity index (χ0v) is 14.0. The first-order valence-corrected chi connectivity index (χ1v) is 7.83. The third kappa shape index (κ3) is 3.25. The molecule has 1 unspecified atom stereocenters. The molecule has 1 aliphatic rings. The van der Waals surface area contributed by atoms with E-state index < -0.39 is 40.8 Å². The van der Waals surface area contributed by atoms with E-state index >= 15 is 0 Å².